The molecule has 0 radical (unpaired) electrons. The van der Waals surface area contributed by atoms with Gasteiger partial charge in [0.2, 0.25) is 0 Å². The van der Waals surface area contributed by atoms with Gasteiger partial charge in [0.15, 0.2) is 16.6 Å². The van der Waals surface area contributed by atoms with E-state index in [1.165, 1.54) is 6.07 Å². The summed E-state index contributed by atoms with van der Waals surface area (Å²) in [5.74, 6) is -0.0752. The molecular formula is C17H13N3O3S. The number of rotatable bonds is 2. The highest BCUT2D eigenvalue weighted by Gasteiger charge is 2.38. The van der Waals surface area contributed by atoms with Gasteiger partial charge in [0.25, 0.3) is 0 Å². The van der Waals surface area contributed by atoms with Crippen molar-refractivity contribution in [2.75, 3.05) is 0 Å². The van der Waals surface area contributed by atoms with Crippen LogP contribution in [0.2, 0.25) is 0 Å². The van der Waals surface area contributed by atoms with Gasteiger partial charge in [-0.2, -0.15) is 5.23 Å². The average molecular weight is 339 g/mol. The molecule has 4 N–H and O–H groups in total. The van der Waals surface area contributed by atoms with Crippen LogP contribution in [0.3, 0.4) is 0 Å². The zero-order chi connectivity index (χ0) is 16.8. The van der Waals surface area contributed by atoms with Crippen LogP contribution in [-0.4, -0.2) is 16.1 Å². The van der Waals surface area contributed by atoms with Crippen LogP contribution in [0.25, 0.3) is 5.70 Å². The Morgan fingerprint density at radius 2 is 1.88 bits per heavy atom. The van der Waals surface area contributed by atoms with Gasteiger partial charge in [-0.15, -0.1) is 0 Å². The topological polar surface area (TPSA) is 88.9 Å². The summed E-state index contributed by atoms with van der Waals surface area (Å²) in [6, 6.07) is 13.4. The van der Waals surface area contributed by atoms with Crippen molar-refractivity contribution >= 4 is 34.5 Å². The number of hydrogen-bond donors (Lipinski definition) is 4. The molecule has 0 saturated heterocycles. The first-order chi connectivity index (χ1) is 11.6. The molecule has 1 aliphatic carbocycles. The second-order valence-corrected chi connectivity index (χ2v) is 6.03. The molecule has 0 spiro atoms. The monoisotopic (exact) mass is 339 g/mol. The first-order valence-electron chi connectivity index (χ1n) is 7.35. The van der Waals surface area contributed by atoms with Gasteiger partial charge in [-0.25, -0.2) is 5.21 Å². The van der Waals surface area contributed by atoms with Crippen molar-refractivity contribution in [2.24, 2.45) is 0 Å². The third-order valence-corrected chi connectivity index (χ3v) is 4.44. The number of ketones is 1. The lowest BCUT2D eigenvalue weighted by Gasteiger charge is -2.28. The van der Waals surface area contributed by atoms with Crippen molar-refractivity contribution in [1.82, 2.24) is 10.6 Å². The van der Waals surface area contributed by atoms with E-state index in [1.54, 1.807) is 24.3 Å². The van der Waals surface area contributed by atoms with Gasteiger partial charge in [-0.3, -0.25) is 4.79 Å². The van der Waals surface area contributed by atoms with Crippen LogP contribution in [0, 0.1) is 5.21 Å². The van der Waals surface area contributed by atoms with Gasteiger partial charge in [0, 0.05) is 23.3 Å². The van der Waals surface area contributed by atoms with Crippen molar-refractivity contribution < 1.29 is 15.2 Å². The van der Waals surface area contributed by atoms with Crippen LogP contribution in [-0.2, 0) is 0 Å². The summed E-state index contributed by atoms with van der Waals surface area (Å²) in [5, 5.41) is 26.0. The molecule has 1 heterocycles. The number of fused-ring (bicyclic) bond motifs is 2. The minimum absolute atomic E-state index is 0.0752. The highest BCUT2D eigenvalue weighted by molar-refractivity contribution is 7.80. The molecule has 2 aromatic rings. The number of quaternary nitrogens is 1. The molecule has 0 fully saturated rings. The quantitative estimate of drug-likeness (QED) is 0.486. The van der Waals surface area contributed by atoms with Crippen molar-refractivity contribution in [1.29, 1.82) is 0 Å². The van der Waals surface area contributed by atoms with E-state index in [0.29, 0.717) is 27.5 Å². The summed E-state index contributed by atoms with van der Waals surface area (Å²) in [6.07, 6.45) is 0. The fourth-order valence-corrected chi connectivity index (χ4v) is 3.39. The van der Waals surface area contributed by atoms with E-state index in [9.17, 15) is 15.2 Å². The highest BCUT2D eigenvalue weighted by atomic mass is 32.1. The summed E-state index contributed by atoms with van der Waals surface area (Å²) in [5.41, 5.74) is 3.57. The molecule has 1 aliphatic heterocycles. The normalized spacial score (nSPS) is 20.2. The molecule has 2 atom stereocenters. The molecular weight excluding hydrogens is 326 g/mol. The molecule has 4 rings (SSSR count). The molecule has 120 valence electrons. The molecule has 6 nitrogen and oxygen atoms in total. The Hall–Kier alpha value is -2.58. The Bertz CT molecular complexity index is 907. The third kappa shape index (κ3) is 2.22. The second-order valence-electron chi connectivity index (χ2n) is 5.63. The number of carbonyl (C=O) groups excluding carboxylic acids is 1. The zero-order valence-electron chi connectivity index (χ0n) is 12.4. The van der Waals surface area contributed by atoms with E-state index in [2.05, 4.69) is 10.6 Å². The van der Waals surface area contributed by atoms with Crippen molar-refractivity contribution in [3.05, 3.63) is 76.0 Å². The van der Waals surface area contributed by atoms with Crippen molar-refractivity contribution in [2.45, 2.75) is 6.04 Å². The molecule has 0 saturated carbocycles. The van der Waals surface area contributed by atoms with Gasteiger partial charge in [0.1, 0.15) is 0 Å². The maximum atomic E-state index is 12.8. The number of nitrogens with one attached hydrogen (secondary N) is 3. The maximum Gasteiger partial charge on any atom is 0.194 e. The summed E-state index contributed by atoms with van der Waals surface area (Å²) in [6.45, 7) is 0. The number of Topliss-reactive ketones (excluding diaryl/α,β-unsaturated/α-hetero) is 1. The van der Waals surface area contributed by atoms with E-state index >= 15 is 0 Å². The lowest BCUT2D eigenvalue weighted by atomic mass is 9.94. The van der Waals surface area contributed by atoms with Gasteiger partial charge >= 0.3 is 0 Å². The van der Waals surface area contributed by atoms with Gasteiger partial charge < -0.3 is 15.8 Å². The number of hydrogen-bond acceptors (Lipinski definition) is 4. The summed E-state index contributed by atoms with van der Waals surface area (Å²) in [7, 11) is 0. The van der Waals surface area contributed by atoms with Crippen LogP contribution in [0.1, 0.15) is 27.5 Å². The Kier molecular flexibility index (Phi) is 3.43. The number of thiocarbonyl (C=S) groups is 1. The van der Waals surface area contributed by atoms with Crippen LogP contribution in [0.15, 0.2) is 54.1 Å². The van der Waals surface area contributed by atoms with Crippen LogP contribution >= 0.6 is 12.2 Å². The van der Waals surface area contributed by atoms with Crippen LogP contribution in [0.5, 0.6) is 0 Å². The van der Waals surface area contributed by atoms with E-state index in [1.807, 2.05) is 18.2 Å². The van der Waals surface area contributed by atoms with E-state index in [-0.39, 0.29) is 11.5 Å². The first-order valence-corrected chi connectivity index (χ1v) is 7.76. The number of benzene rings is 2. The van der Waals surface area contributed by atoms with Crippen LogP contribution in [0.4, 0.5) is 5.69 Å². The fraction of sp³-hybridized carbons (Fsp3) is 0.0588. The van der Waals surface area contributed by atoms with Gasteiger partial charge in [-0.1, -0.05) is 36.4 Å². The molecule has 1 unspecified atom stereocenters. The Labute approximate surface area is 142 Å². The van der Waals surface area contributed by atoms with E-state index in [4.69, 9.17) is 12.2 Å². The first kappa shape index (κ1) is 15.0. The Morgan fingerprint density at radius 1 is 1.12 bits per heavy atom. The SMILES string of the molecule is O=C1C2=C(NC(=S)N[C@H]2c2cccc([NH+]([O-])O)c2)c2ccccc21. The summed E-state index contributed by atoms with van der Waals surface area (Å²) < 4.78 is 0. The summed E-state index contributed by atoms with van der Waals surface area (Å²) in [4.78, 5) is 12.8. The maximum absolute atomic E-state index is 12.8. The highest BCUT2D eigenvalue weighted by Crippen LogP contribution is 2.39. The standard InChI is InChI=1S/C17H13N3O3S/c21-16-12-7-2-1-6-11(12)15-13(16)14(18-17(24)19-15)9-4-3-5-10(8-9)20(22)23/h1-8,14,20,22H,(H2,18,19,24)/t14-/m0/s1. The summed E-state index contributed by atoms with van der Waals surface area (Å²) >= 11 is 5.27. The van der Waals surface area contributed by atoms with Crippen molar-refractivity contribution in [3.63, 3.8) is 0 Å². The largest absolute Gasteiger partial charge is 0.595 e. The van der Waals surface area contributed by atoms with Gasteiger partial charge in [0.05, 0.1) is 17.3 Å². The molecule has 7 heteroatoms. The third-order valence-electron chi connectivity index (χ3n) is 4.22. The lowest BCUT2D eigenvalue weighted by molar-refractivity contribution is -0.991. The lowest BCUT2D eigenvalue weighted by Crippen LogP contribution is -2.99. The molecule has 2 aliphatic rings. The predicted octanol–water partition coefficient (Wildman–Crippen LogP) is 1.22. The zero-order valence-corrected chi connectivity index (χ0v) is 13.2. The van der Waals surface area contributed by atoms with Gasteiger partial charge in [-0.05, 0) is 17.8 Å². The molecule has 0 amide bonds. The Morgan fingerprint density at radius 3 is 2.62 bits per heavy atom. The average Bonchev–Trinajstić information content (AvgIpc) is 2.87. The van der Waals surface area contributed by atoms with E-state index < -0.39 is 11.3 Å². The predicted molar refractivity (Wildman–Crippen MR) is 91.5 cm³/mol. The molecule has 0 aromatic heterocycles. The van der Waals surface area contributed by atoms with Crippen molar-refractivity contribution in [3.8, 4) is 0 Å². The van der Waals surface area contributed by atoms with Crippen LogP contribution < -0.4 is 15.9 Å². The molecule has 24 heavy (non-hydrogen) atoms. The van der Waals surface area contributed by atoms with E-state index in [0.717, 1.165) is 5.56 Å². The molecule has 0 bridgehead atoms. The second kappa shape index (κ2) is 5.50. The Balaban J connectivity index is 1.86. The minimum Gasteiger partial charge on any atom is -0.595 e. The number of carbonyl (C=O) groups is 1. The minimum atomic E-state index is -1.01. The smallest absolute Gasteiger partial charge is 0.194 e. The fourth-order valence-electron chi connectivity index (χ4n) is 3.17. The molecule has 2 aromatic carbocycles.